The van der Waals surface area contributed by atoms with E-state index in [0.29, 0.717) is 30.9 Å². The minimum atomic E-state index is -3.90. The van der Waals surface area contributed by atoms with Crippen molar-refractivity contribution in [2.24, 2.45) is 11.8 Å². The molecule has 3 aliphatic rings. The van der Waals surface area contributed by atoms with Gasteiger partial charge in [0.05, 0.1) is 24.6 Å². The Morgan fingerprint density at radius 1 is 1.06 bits per heavy atom. The summed E-state index contributed by atoms with van der Waals surface area (Å²) >= 11 is 0. The molecule has 3 aromatic rings. The molecule has 0 radical (unpaired) electrons. The molecule has 36 heavy (non-hydrogen) atoms. The predicted molar refractivity (Wildman–Crippen MR) is 133 cm³/mol. The average Bonchev–Trinajstić information content (AvgIpc) is 3.54. The Kier molecular flexibility index (Phi) is 5.56. The van der Waals surface area contributed by atoms with E-state index in [1.807, 2.05) is 18.2 Å². The highest BCUT2D eigenvalue weighted by Gasteiger charge is 2.61. The lowest BCUT2D eigenvalue weighted by atomic mass is 9.52. The summed E-state index contributed by atoms with van der Waals surface area (Å²) in [5.41, 5.74) is 3.65. The molecule has 9 nitrogen and oxygen atoms in total. The van der Waals surface area contributed by atoms with Crippen molar-refractivity contribution in [1.82, 2.24) is 23.5 Å². The highest BCUT2D eigenvalue weighted by atomic mass is 32.2. The smallest absolute Gasteiger partial charge is 0.323 e. The van der Waals surface area contributed by atoms with Crippen LogP contribution in [-0.4, -0.2) is 65.0 Å². The van der Waals surface area contributed by atoms with E-state index in [0.717, 1.165) is 36.1 Å². The number of ether oxygens (including phenoxy) is 2. The van der Waals surface area contributed by atoms with Crippen molar-refractivity contribution < 1.29 is 17.9 Å². The van der Waals surface area contributed by atoms with Gasteiger partial charge in [0.1, 0.15) is 6.33 Å². The maximum atomic E-state index is 13.6. The number of benzene rings is 1. The van der Waals surface area contributed by atoms with E-state index >= 15 is 0 Å². The monoisotopic (exact) mass is 509 g/mol. The number of nitrogens with zero attached hydrogens (tertiary/aromatic N) is 5. The van der Waals surface area contributed by atoms with E-state index in [4.69, 9.17) is 14.6 Å². The zero-order chi connectivity index (χ0) is 25.1. The summed E-state index contributed by atoms with van der Waals surface area (Å²) in [5.74, 6) is -0.305. The third kappa shape index (κ3) is 3.24. The Labute approximate surface area is 211 Å². The first kappa shape index (κ1) is 23.7. The summed E-state index contributed by atoms with van der Waals surface area (Å²) in [4.78, 5) is 8.36. The van der Waals surface area contributed by atoms with E-state index < -0.39 is 21.4 Å². The molecule has 1 saturated carbocycles. The number of rotatable bonds is 4. The van der Waals surface area contributed by atoms with Crippen LogP contribution in [0.1, 0.15) is 43.0 Å². The van der Waals surface area contributed by atoms with Gasteiger partial charge in [-0.05, 0) is 30.7 Å². The van der Waals surface area contributed by atoms with Crippen molar-refractivity contribution in [2.45, 2.75) is 43.8 Å². The van der Waals surface area contributed by atoms with Gasteiger partial charge in [0.25, 0.3) is 0 Å². The molecule has 3 heterocycles. The van der Waals surface area contributed by atoms with E-state index in [9.17, 15) is 8.42 Å². The zero-order valence-electron chi connectivity index (χ0n) is 20.8. The van der Waals surface area contributed by atoms with Crippen LogP contribution in [0.25, 0.3) is 11.3 Å². The van der Waals surface area contributed by atoms with Gasteiger partial charge in [-0.15, -0.1) is 4.09 Å². The lowest BCUT2D eigenvalue weighted by molar-refractivity contribution is -0.232. The normalized spacial score (nSPS) is 27.2. The molecule has 190 valence electrons. The second kappa shape index (κ2) is 8.44. The van der Waals surface area contributed by atoms with Gasteiger partial charge >= 0.3 is 10.2 Å². The van der Waals surface area contributed by atoms with Gasteiger partial charge in [-0.2, -0.15) is 17.8 Å². The van der Waals surface area contributed by atoms with Gasteiger partial charge in [-0.3, -0.25) is 0 Å². The SMILES string of the molecule is C[C@H]1[C@@H]2CCc3c(nn(S(=O)(=O)N(C)C)c3-c3cncnc3)[C@@]2(c2ccccc2)CCC12OCCO2. The first-order chi connectivity index (χ1) is 17.3. The van der Waals surface area contributed by atoms with E-state index in [1.165, 1.54) is 28.8 Å². The molecule has 10 heteroatoms. The second-order valence-electron chi connectivity index (χ2n) is 10.2. The summed E-state index contributed by atoms with van der Waals surface area (Å²) < 4.78 is 42.0. The number of hydrogen-bond donors (Lipinski definition) is 0. The molecule has 1 saturated heterocycles. The largest absolute Gasteiger partial charge is 0.347 e. The molecular formula is C26H31N5O4S. The molecule has 2 aromatic heterocycles. The van der Waals surface area contributed by atoms with Crippen molar-refractivity contribution in [2.75, 3.05) is 27.3 Å². The number of aromatic nitrogens is 4. The summed E-state index contributed by atoms with van der Waals surface area (Å²) in [6.07, 6.45) is 7.80. The van der Waals surface area contributed by atoms with Gasteiger partial charge in [0.15, 0.2) is 5.79 Å². The predicted octanol–water partition coefficient (Wildman–Crippen LogP) is 3.02. The van der Waals surface area contributed by atoms with Crippen LogP contribution in [0, 0.1) is 11.8 Å². The third-order valence-corrected chi connectivity index (χ3v) is 10.1. The molecule has 1 spiro atoms. The van der Waals surface area contributed by atoms with Gasteiger partial charge < -0.3 is 9.47 Å². The van der Waals surface area contributed by atoms with Crippen LogP contribution in [0.3, 0.4) is 0 Å². The summed E-state index contributed by atoms with van der Waals surface area (Å²) in [6, 6.07) is 10.4. The van der Waals surface area contributed by atoms with Crippen molar-refractivity contribution in [3.63, 3.8) is 0 Å². The Morgan fingerprint density at radius 2 is 1.75 bits per heavy atom. The topological polar surface area (TPSA) is 99.4 Å². The fourth-order valence-corrected chi connectivity index (χ4v) is 7.71. The van der Waals surface area contributed by atoms with Crippen LogP contribution in [-0.2, 0) is 31.5 Å². The highest BCUT2D eigenvalue weighted by molar-refractivity contribution is 7.87. The van der Waals surface area contributed by atoms with E-state index in [2.05, 4.69) is 29.0 Å². The average molecular weight is 510 g/mol. The number of hydrogen-bond acceptors (Lipinski definition) is 7. The van der Waals surface area contributed by atoms with Gasteiger partial charge in [0.2, 0.25) is 0 Å². The van der Waals surface area contributed by atoms with Gasteiger partial charge in [0, 0.05) is 55.4 Å². The van der Waals surface area contributed by atoms with Crippen molar-refractivity contribution in [1.29, 1.82) is 0 Å². The second-order valence-corrected chi connectivity index (χ2v) is 12.2. The van der Waals surface area contributed by atoms with Crippen LogP contribution in [0.4, 0.5) is 0 Å². The molecule has 0 amide bonds. The molecule has 1 aromatic carbocycles. The quantitative estimate of drug-likeness (QED) is 0.533. The molecule has 6 rings (SSSR count). The maximum Gasteiger partial charge on any atom is 0.323 e. The maximum absolute atomic E-state index is 13.6. The summed E-state index contributed by atoms with van der Waals surface area (Å²) in [5, 5.41) is 4.95. The first-order valence-corrected chi connectivity index (χ1v) is 13.9. The zero-order valence-corrected chi connectivity index (χ0v) is 21.6. The van der Waals surface area contributed by atoms with Crippen molar-refractivity contribution in [3.05, 3.63) is 65.9 Å². The van der Waals surface area contributed by atoms with Crippen LogP contribution >= 0.6 is 0 Å². The standard InChI is InChI=1S/C26H31N5O4S/c1-18-22-10-9-21-23(19-15-27-17-28-16-19)31(36(32,33)30(2)3)29-24(21)25(22,20-7-5-4-6-8-20)11-12-26(18)34-13-14-35-26/h4-8,15-18,22H,9-14H2,1-3H3/t18-,22-,25+/m0/s1. The van der Waals surface area contributed by atoms with Crippen LogP contribution in [0.2, 0.25) is 0 Å². The highest BCUT2D eigenvalue weighted by Crippen LogP contribution is 2.60. The molecule has 0 unspecified atom stereocenters. The Balaban J connectivity index is 1.63. The lowest BCUT2D eigenvalue weighted by Gasteiger charge is -2.55. The van der Waals surface area contributed by atoms with Crippen LogP contribution in [0.5, 0.6) is 0 Å². The molecule has 2 fully saturated rings. The molecule has 0 N–H and O–H groups in total. The number of fused-ring (bicyclic) bond motifs is 3. The summed E-state index contributed by atoms with van der Waals surface area (Å²) in [6.45, 7) is 3.43. The van der Waals surface area contributed by atoms with Gasteiger partial charge in [-0.1, -0.05) is 37.3 Å². The fraction of sp³-hybridized carbons (Fsp3) is 0.500. The Morgan fingerprint density at radius 3 is 2.42 bits per heavy atom. The minimum Gasteiger partial charge on any atom is -0.347 e. The first-order valence-electron chi connectivity index (χ1n) is 12.5. The molecule has 0 bridgehead atoms. The lowest BCUT2D eigenvalue weighted by Crippen LogP contribution is -2.56. The Hall–Kier alpha value is -2.66. The van der Waals surface area contributed by atoms with Gasteiger partial charge in [-0.25, -0.2) is 9.97 Å². The molecular weight excluding hydrogens is 478 g/mol. The van der Waals surface area contributed by atoms with Crippen LogP contribution < -0.4 is 0 Å². The summed E-state index contributed by atoms with van der Waals surface area (Å²) in [7, 11) is -0.846. The molecule has 3 atom stereocenters. The third-order valence-electron chi connectivity index (χ3n) is 8.46. The van der Waals surface area contributed by atoms with E-state index in [1.54, 1.807) is 12.4 Å². The fourth-order valence-electron chi connectivity index (χ4n) is 6.77. The van der Waals surface area contributed by atoms with Crippen LogP contribution in [0.15, 0.2) is 49.1 Å². The minimum absolute atomic E-state index is 0.112. The molecule has 2 aliphatic carbocycles. The van der Waals surface area contributed by atoms with Crippen molar-refractivity contribution >= 4 is 10.2 Å². The Bertz CT molecular complexity index is 1370. The van der Waals surface area contributed by atoms with E-state index in [-0.39, 0.29) is 11.8 Å². The van der Waals surface area contributed by atoms with Crippen molar-refractivity contribution in [3.8, 4) is 11.3 Å². The molecule has 1 aliphatic heterocycles.